The van der Waals surface area contributed by atoms with Gasteiger partial charge in [-0.1, -0.05) is 109 Å². The molecule has 4 nitrogen and oxygen atoms in total. The summed E-state index contributed by atoms with van der Waals surface area (Å²) in [4.78, 5) is 20.1. The first kappa shape index (κ1) is 27.8. The summed E-state index contributed by atoms with van der Waals surface area (Å²) in [5.74, 6) is 1.95. The predicted octanol–water partition coefficient (Wildman–Crippen LogP) is 10.7. The van der Waals surface area contributed by atoms with Gasteiger partial charge in [-0.2, -0.15) is 0 Å². The van der Waals surface area contributed by atoms with Crippen LogP contribution in [0.1, 0.15) is 29.5 Å². The molecule has 1 aliphatic rings. The maximum atomic E-state index is 5.14. The van der Waals surface area contributed by atoms with Crippen molar-refractivity contribution in [1.29, 1.82) is 0 Å². The second-order valence-electron chi connectivity index (χ2n) is 11.9. The number of rotatable bonds is 5. The van der Waals surface area contributed by atoms with Gasteiger partial charge in [-0.3, -0.25) is 4.99 Å². The van der Waals surface area contributed by atoms with Crippen LogP contribution in [-0.4, -0.2) is 21.2 Å². The Morgan fingerprint density at radius 1 is 0.478 bits per heavy atom. The quantitative estimate of drug-likeness (QED) is 0.187. The van der Waals surface area contributed by atoms with Crippen LogP contribution in [0.25, 0.3) is 72.5 Å². The van der Waals surface area contributed by atoms with Crippen LogP contribution in [-0.2, 0) is 0 Å². The minimum absolute atomic E-state index is 0.637. The van der Waals surface area contributed by atoms with Crippen LogP contribution in [0.5, 0.6) is 0 Å². The monoisotopic (exact) mass is 592 g/mol. The van der Waals surface area contributed by atoms with Crippen molar-refractivity contribution in [2.75, 3.05) is 0 Å². The van der Waals surface area contributed by atoms with Crippen LogP contribution < -0.4 is 0 Å². The van der Waals surface area contributed by atoms with E-state index in [1.165, 1.54) is 32.7 Å². The molecule has 0 fully saturated rings. The normalized spacial score (nSPS) is 12.9. The van der Waals surface area contributed by atoms with Crippen molar-refractivity contribution in [1.82, 2.24) is 15.0 Å². The molecule has 8 rings (SSSR count). The topological polar surface area (TPSA) is 51.0 Å². The summed E-state index contributed by atoms with van der Waals surface area (Å²) in [6.45, 7) is 4.34. The van der Waals surface area contributed by atoms with E-state index in [-0.39, 0.29) is 0 Å². The molecule has 0 N–H and O–H groups in total. The maximum absolute atomic E-state index is 5.14. The molecule has 1 aromatic heterocycles. The largest absolute Gasteiger partial charge is 0.261 e. The Morgan fingerprint density at radius 2 is 1.07 bits per heavy atom. The molecule has 2 heterocycles. The summed E-state index contributed by atoms with van der Waals surface area (Å²) in [7, 11) is 0. The highest BCUT2D eigenvalue weighted by Crippen LogP contribution is 2.41. The minimum Gasteiger partial charge on any atom is -0.261 e. The molecule has 4 heteroatoms. The standard InChI is InChI=1S/C42H32N4/c1-27-14-6-7-17-33(27)42-45-40(29-15-4-3-5-16-29)44-41(46-42)32-25-30(38-22-12-13-23-43-38)24-31(26-32)39-28(2)34-18-8-9-19-35(34)36-20-10-11-21-37(36)39/h3-11,14-26H,12-13H2,1-2H3. The number of benzene rings is 6. The summed E-state index contributed by atoms with van der Waals surface area (Å²) in [6.07, 6.45) is 6.18. The molecule has 46 heavy (non-hydrogen) atoms. The molecule has 0 unspecified atom stereocenters. The van der Waals surface area contributed by atoms with Gasteiger partial charge < -0.3 is 0 Å². The number of nitrogens with zero attached hydrogens (tertiary/aromatic N) is 4. The van der Waals surface area contributed by atoms with E-state index in [9.17, 15) is 0 Å². The van der Waals surface area contributed by atoms with E-state index >= 15 is 0 Å². The van der Waals surface area contributed by atoms with E-state index in [0.717, 1.165) is 51.9 Å². The first-order chi connectivity index (χ1) is 22.6. The van der Waals surface area contributed by atoms with Crippen molar-refractivity contribution in [2.24, 2.45) is 4.99 Å². The number of hydrogen-bond donors (Lipinski definition) is 0. The third-order valence-electron chi connectivity index (χ3n) is 8.89. The molecular formula is C42H32N4. The van der Waals surface area contributed by atoms with Crippen LogP contribution >= 0.6 is 0 Å². The molecule has 7 aromatic rings. The third kappa shape index (κ3) is 4.98. The van der Waals surface area contributed by atoms with E-state index in [1.807, 2.05) is 36.5 Å². The zero-order valence-electron chi connectivity index (χ0n) is 25.9. The third-order valence-corrected chi connectivity index (χ3v) is 8.89. The Hall–Kier alpha value is -5.74. The van der Waals surface area contributed by atoms with Gasteiger partial charge in [-0.15, -0.1) is 0 Å². The highest BCUT2D eigenvalue weighted by molar-refractivity contribution is 6.16. The second kappa shape index (κ2) is 11.6. The summed E-state index contributed by atoms with van der Waals surface area (Å²) in [6, 6.07) is 42.5. The molecule has 0 bridgehead atoms. The lowest BCUT2D eigenvalue weighted by atomic mass is 9.87. The smallest absolute Gasteiger partial charge is 0.164 e. The SMILES string of the molecule is Cc1ccccc1-c1nc(-c2ccccc2)nc(-c2cc(C3=CCCC=N3)cc(-c3c(C)c4ccccc4c4ccccc34)c2)n1. The molecule has 0 saturated heterocycles. The molecule has 1 aliphatic heterocycles. The lowest BCUT2D eigenvalue weighted by Crippen LogP contribution is -2.02. The van der Waals surface area contributed by atoms with Crippen LogP contribution in [0.2, 0.25) is 0 Å². The maximum Gasteiger partial charge on any atom is 0.164 e. The summed E-state index contributed by atoms with van der Waals surface area (Å²) < 4.78 is 0. The number of aryl methyl sites for hydroxylation is 2. The Bertz CT molecular complexity index is 2330. The van der Waals surface area contributed by atoms with Gasteiger partial charge in [0.1, 0.15) is 0 Å². The van der Waals surface area contributed by atoms with Crippen molar-refractivity contribution in [2.45, 2.75) is 26.7 Å². The zero-order valence-corrected chi connectivity index (χ0v) is 25.9. The molecule has 0 saturated carbocycles. The number of allylic oxidation sites excluding steroid dienone is 1. The van der Waals surface area contributed by atoms with E-state index in [1.54, 1.807) is 0 Å². The highest BCUT2D eigenvalue weighted by Gasteiger charge is 2.19. The van der Waals surface area contributed by atoms with Gasteiger partial charge in [0, 0.05) is 28.5 Å². The number of aromatic nitrogens is 3. The number of hydrogen-bond acceptors (Lipinski definition) is 4. The molecule has 0 atom stereocenters. The number of fused-ring (bicyclic) bond motifs is 3. The van der Waals surface area contributed by atoms with Crippen LogP contribution in [0.3, 0.4) is 0 Å². The van der Waals surface area contributed by atoms with Gasteiger partial charge in [-0.05, 0) is 88.7 Å². The molecule has 0 amide bonds. The summed E-state index contributed by atoms with van der Waals surface area (Å²) in [5, 5.41) is 4.99. The van der Waals surface area contributed by atoms with Crippen LogP contribution in [0, 0.1) is 13.8 Å². The molecule has 220 valence electrons. The second-order valence-corrected chi connectivity index (χ2v) is 11.9. The van der Waals surface area contributed by atoms with E-state index in [4.69, 9.17) is 19.9 Å². The van der Waals surface area contributed by atoms with Crippen molar-refractivity contribution >= 4 is 33.5 Å². The molecular weight excluding hydrogens is 560 g/mol. The minimum atomic E-state index is 0.637. The Labute approximate surface area is 268 Å². The molecule has 0 radical (unpaired) electrons. The Morgan fingerprint density at radius 3 is 1.80 bits per heavy atom. The average molecular weight is 593 g/mol. The van der Waals surface area contributed by atoms with E-state index in [0.29, 0.717) is 17.5 Å². The fraction of sp³-hybridized carbons (Fsp3) is 0.0952. The molecule has 6 aromatic carbocycles. The highest BCUT2D eigenvalue weighted by atomic mass is 15.0. The summed E-state index contributed by atoms with van der Waals surface area (Å²) >= 11 is 0. The fourth-order valence-corrected chi connectivity index (χ4v) is 6.61. The van der Waals surface area contributed by atoms with Gasteiger partial charge in [0.05, 0.1) is 5.70 Å². The van der Waals surface area contributed by atoms with E-state index < -0.39 is 0 Å². The Balaban J connectivity index is 1.42. The average Bonchev–Trinajstić information content (AvgIpc) is 3.12. The van der Waals surface area contributed by atoms with Gasteiger partial charge in [0.25, 0.3) is 0 Å². The van der Waals surface area contributed by atoms with Crippen molar-refractivity contribution in [3.8, 4) is 45.3 Å². The van der Waals surface area contributed by atoms with E-state index in [2.05, 4.69) is 111 Å². The lowest BCUT2D eigenvalue weighted by molar-refractivity contribution is 1.07. The number of aliphatic imine (C=N–C) groups is 1. The molecule has 0 aliphatic carbocycles. The zero-order chi connectivity index (χ0) is 31.0. The van der Waals surface area contributed by atoms with Crippen LogP contribution in [0.4, 0.5) is 0 Å². The first-order valence-corrected chi connectivity index (χ1v) is 15.8. The first-order valence-electron chi connectivity index (χ1n) is 15.8. The van der Waals surface area contributed by atoms with Crippen molar-refractivity contribution < 1.29 is 0 Å². The van der Waals surface area contributed by atoms with Gasteiger partial charge in [0.15, 0.2) is 17.5 Å². The van der Waals surface area contributed by atoms with Crippen LogP contribution in [0.15, 0.2) is 132 Å². The van der Waals surface area contributed by atoms with Gasteiger partial charge in [0.2, 0.25) is 0 Å². The Kier molecular flexibility index (Phi) is 7.03. The van der Waals surface area contributed by atoms with Gasteiger partial charge in [-0.25, -0.2) is 15.0 Å². The fourth-order valence-electron chi connectivity index (χ4n) is 6.61. The predicted molar refractivity (Wildman–Crippen MR) is 192 cm³/mol. The summed E-state index contributed by atoms with van der Waals surface area (Å²) in [5.41, 5.74) is 9.62. The lowest BCUT2D eigenvalue weighted by Gasteiger charge is -2.18. The van der Waals surface area contributed by atoms with Gasteiger partial charge >= 0.3 is 0 Å². The molecule has 0 spiro atoms. The van der Waals surface area contributed by atoms with Crippen molar-refractivity contribution in [3.05, 3.63) is 144 Å². The van der Waals surface area contributed by atoms with Crippen molar-refractivity contribution in [3.63, 3.8) is 0 Å².